The minimum atomic E-state index is 0. The van der Waals surface area contributed by atoms with E-state index < -0.39 is 0 Å². The van der Waals surface area contributed by atoms with Gasteiger partial charge >= 0.3 is 0 Å². The predicted molar refractivity (Wildman–Crippen MR) is 136 cm³/mol. The molecule has 0 atom stereocenters. The van der Waals surface area contributed by atoms with Gasteiger partial charge < -0.3 is 15.4 Å². The molecule has 0 radical (unpaired) electrons. The largest absolute Gasteiger partial charge is 0.379 e. The lowest BCUT2D eigenvalue weighted by atomic mass is 10.1. The van der Waals surface area contributed by atoms with Crippen molar-refractivity contribution in [2.24, 2.45) is 4.99 Å². The Morgan fingerprint density at radius 2 is 1.87 bits per heavy atom. The van der Waals surface area contributed by atoms with Crippen LogP contribution >= 0.6 is 35.3 Å². The van der Waals surface area contributed by atoms with Crippen molar-refractivity contribution >= 4 is 41.3 Å². The SMILES string of the molecule is CCNC(=NCc1ccc(CN2CCOCC2)cc1)NCCc1ncc(CC)s1.I. The summed E-state index contributed by atoms with van der Waals surface area (Å²) in [6.07, 6.45) is 3.97. The van der Waals surface area contributed by atoms with Gasteiger partial charge in [0.05, 0.1) is 24.8 Å². The molecule has 166 valence electrons. The van der Waals surface area contributed by atoms with Crippen molar-refractivity contribution in [3.8, 4) is 0 Å². The Kier molecular flexibility index (Phi) is 11.6. The maximum atomic E-state index is 5.42. The van der Waals surface area contributed by atoms with Gasteiger partial charge in [0.2, 0.25) is 0 Å². The summed E-state index contributed by atoms with van der Waals surface area (Å²) in [5.41, 5.74) is 2.57. The van der Waals surface area contributed by atoms with E-state index in [0.29, 0.717) is 6.54 Å². The molecule has 0 amide bonds. The van der Waals surface area contributed by atoms with Crippen molar-refractivity contribution < 1.29 is 4.74 Å². The number of hydrogen-bond donors (Lipinski definition) is 2. The number of aliphatic imine (C=N–C) groups is 1. The second-order valence-electron chi connectivity index (χ2n) is 7.15. The fourth-order valence-electron chi connectivity index (χ4n) is 3.19. The van der Waals surface area contributed by atoms with Crippen molar-refractivity contribution in [3.63, 3.8) is 0 Å². The second-order valence-corrected chi connectivity index (χ2v) is 8.35. The molecule has 0 unspecified atom stereocenters. The average molecular weight is 544 g/mol. The van der Waals surface area contributed by atoms with Crippen molar-refractivity contribution in [1.82, 2.24) is 20.5 Å². The van der Waals surface area contributed by atoms with E-state index in [1.54, 1.807) is 11.3 Å². The summed E-state index contributed by atoms with van der Waals surface area (Å²) in [4.78, 5) is 13.0. The van der Waals surface area contributed by atoms with E-state index in [-0.39, 0.29) is 24.0 Å². The number of nitrogens with one attached hydrogen (secondary N) is 2. The number of guanidine groups is 1. The quantitative estimate of drug-likeness (QED) is 0.288. The molecule has 1 aromatic heterocycles. The van der Waals surface area contributed by atoms with Crippen molar-refractivity contribution in [2.45, 2.75) is 39.8 Å². The first-order valence-electron chi connectivity index (χ1n) is 10.6. The number of hydrogen-bond acceptors (Lipinski definition) is 5. The van der Waals surface area contributed by atoms with Crippen molar-refractivity contribution in [2.75, 3.05) is 39.4 Å². The summed E-state index contributed by atoms with van der Waals surface area (Å²) in [7, 11) is 0. The van der Waals surface area contributed by atoms with Gasteiger partial charge in [-0.2, -0.15) is 0 Å². The van der Waals surface area contributed by atoms with Crippen LogP contribution in [0.3, 0.4) is 0 Å². The van der Waals surface area contributed by atoms with Gasteiger partial charge in [-0.15, -0.1) is 35.3 Å². The van der Waals surface area contributed by atoms with Crippen LogP contribution in [-0.2, 0) is 30.7 Å². The van der Waals surface area contributed by atoms with Crippen LogP contribution < -0.4 is 10.6 Å². The molecule has 2 N–H and O–H groups in total. The molecule has 1 aromatic carbocycles. The van der Waals surface area contributed by atoms with E-state index in [4.69, 9.17) is 9.73 Å². The first kappa shape index (κ1) is 25.0. The summed E-state index contributed by atoms with van der Waals surface area (Å²) in [5, 5.41) is 7.93. The monoisotopic (exact) mass is 543 g/mol. The molecule has 30 heavy (non-hydrogen) atoms. The number of nitrogens with zero attached hydrogens (tertiary/aromatic N) is 3. The number of rotatable bonds is 9. The molecule has 0 saturated carbocycles. The van der Waals surface area contributed by atoms with Gasteiger partial charge in [-0.1, -0.05) is 31.2 Å². The van der Waals surface area contributed by atoms with E-state index in [1.165, 1.54) is 21.0 Å². The van der Waals surface area contributed by atoms with Crippen molar-refractivity contribution in [1.29, 1.82) is 0 Å². The zero-order valence-electron chi connectivity index (χ0n) is 18.0. The lowest BCUT2D eigenvalue weighted by Crippen LogP contribution is -2.38. The van der Waals surface area contributed by atoms with Gasteiger partial charge in [0, 0.05) is 50.2 Å². The molecular weight excluding hydrogens is 509 g/mol. The molecular formula is C22H34IN5OS. The molecule has 1 fully saturated rings. The summed E-state index contributed by atoms with van der Waals surface area (Å²) in [6.45, 7) is 11.3. The molecule has 0 spiro atoms. The van der Waals surface area contributed by atoms with Gasteiger partial charge in [0.1, 0.15) is 0 Å². The normalized spacial score (nSPS) is 14.9. The van der Waals surface area contributed by atoms with Gasteiger partial charge in [0.15, 0.2) is 5.96 Å². The number of halogens is 1. The van der Waals surface area contributed by atoms with E-state index in [1.807, 2.05) is 6.20 Å². The summed E-state index contributed by atoms with van der Waals surface area (Å²) in [5.74, 6) is 0.858. The molecule has 0 bridgehead atoms. The topological polar surface area (TPSA) is 61.8 Å². The molecule has 1 aliphatic heterocycles. The number of aryl methyl sites for hydroxylation is 1. The smallest absolute Gasteiger partial charge is 0.191 e. The highest BCUT2D eigenvalue weighted by Gasteiger charge is 2.10. The number of morpholine rings is 1. The Morgan fingerprint density at radius 1 is 1.13 bits per heavy atom. The van der Waals surface area contributed by atoms with Gasteiger partial charge in [-0.3, -0.25) is 4.90 Å². The Bertz CT molecular complexity index is 759. The number of benzene rings is 1. The molecule has 2 aromatic rings. The van der Waals surface area contributed by atoms with E-state index in [2.05, 4.69) is 58.6 Å². The van der Waals surface area contributed by atoms with Gasteiger partial charge in [0.25, 0.3) is 0 Å². The maximum absolute atomic E-state index is 5.42. The third-order valence-electron chi connectivity index (χ3n) is 4.88. The Morgan fingerprint density at radius 3 is 2.53 bits per heavy atom. The second kappa shape index (κ2) is 14.0. The number of aromatic nitrogens is 1. The zero-order valence-corrected chi connectivity index (χ0v) is 21.2. The van der Waals surface area contributed by atoms with E-state index in [9.17, 15) is 0 Å². The van der Waals surface area contributed by atoms with Crippen LogP contribution in [-0.4, -0.2) is 55.2 Å². The molecule has 6 nitrogen and oxygen atoms in total. The van der Waals surface area contributed by atoms with Crippen LogP contribution in [0.5, 0.6) is 0 Å². The lowest BCUT2D eigenvalue weighted by molar-refractivity contribution is 0.0342. The molecule has 1 aliphatic rings. The highest BCUT2D eigenvalue weighted by Crippen LogP contribution is 2.13. The summed E-state index contributed by atoms with van der Waals surface area (Å²) >= 11 is 1.80. The first-order chi connectivity index (χ1) is 14.3. The molecule has 0 aliphatic carbocycles. The van der Waals surface area contributed by atoms with Crippen LogP contribution in [0.25, 0.3) is 0 Å². The minimum absolute atomic E-state index is 0. The standard InChI is InChI=1S/C22H33N5OS.HI/c1-3-20-16-25-21(29-20)9-10-24-22(23-4-2)26-15-18-5-7-19(8-6-18)17-27-11-13-28-14-12-27;/h5-8,16H,3-4,9-15,17H2,1-2H3,(H2,23,24,26);1H. The number of thiazole rings is 1. The minimum Gasteiger partial charge on any atom is -0.379 e. The van der Waals surface area contributed by atoms with Crippen LogP contribution in [0.15, 0.2) is 35.5 Å². The average Bonchev–Trinajstić information content (AvgIpc) is 3.22. The van der Waals surface area contributed by atoms with Crippen LogP contribution in [0.1, 0.15) is 34.9 Å². The molecule has 8 heteroatoms. The van der Waals surface area contributed by atoms with Gasteiger partial charge in [-0.05, 0) is 24.5 Å². The summed E-state index contributed by atoms with van der Waals surface area (Å²) < 4.78 is 5.42. The first-order valence-corrected chi connectivity index (χ1v) is 11.4. The van der Waals surface area contributed by atoms with E-state index in [0.717, 1.165) is 64.7 Å². The fourth-order valence-corrected chi connectivity index (χ4v) is 4.06. The molecule has 1 saturated heterocycles. The molecule has 3 rings (SSSR count). The predicted octanol–water partition coefficient (Wildman–Crippen LogP) is 3.45. The fraction of sp³-hybridized carbons (Fsp3) is 0.545. The third kappa shape index (κ3) is 8.49. The Labute approximate surface area is 201 Å². The Hall–Kier alpha value is -1.23. The Balaban J connectivity index is 0.00000320. The van der Waals surface area contributed by atoms with E-state index >= 15 is 0 Å². The highest BCUT2D eigenvalue weighted by atomic mass is 127. The lowest BCUT2D eigenvalue weighted by Gasteiger charge is -2.26. The summed E-state index contributed by atoms with van der Waals surface area (Å²) in [6, 6.07) is 8.80. The zero-order chi connectivity index (χ0) is 20.3. The third-order valence-corrected chi connectivity index (χ3v) is 6.08. The molecule has 2 heterocycles. The van der Waals surface area contributed by atoms with Crippen LogP contribution in [0.4, 0.5) is 0 Å². The highest BCUT2D eigenvalue weighted by molar-refractivity contribution is 14.0. The van der Waals surface area contributed by atoms with Crippen LogP contribution in [0.2, 0.25) is 0 Å². The van der Waals surface area contributed by atoms with Crippen molar-refractivity contribution in [3.05, 3.63) is 51.5 Å². The number of ether oxygens (including phenoxy) is 1. The van der Waals surface area contributed by atoms with Crippen LogP contribution in [0, 0.1) is 0 Å². The maximum Gasteiger partial charge on any atom is 0.191 e. The van der Waals surface area contributed by atoms with Gasteiger partial charge in [-0.25, -0.2) is 9.98 Å².